The Morgan fingerprint density at radius 2 is 2.17 bits per heavy atom. The molecule has 0 saturated heterocycles. The Hall–Kier alpha value is -1.28. The van der Waals surface area contributed by atoms with Crippen LogP contribution >= 0.6 is 11.6 Å². The van der Waals surface area contributed by atoms with Crippen LogP contribution in [-0.4, -0.2) is 34.2 Å². The number of nitrogens with zero attached hydrogens (tertiary/aromatic N) is 2. The fourth-order valence-corrected chi connectivity index (χ4v) is 1.39. The van der Waals surface area contributed by atoms with Gasteiger partial charge in [0.05, 0.1) is 11.9 Å². The molecule has 0 unspecified atom stereocenters. The van der Waals surface area contributed by atoms with Crippen molar-refractivity contribution in [1.82, 2.24) is 9.78 Å². The Labute approximate surface area is 105 Å². The predicted octanol–water partition coefficient (Wildman–Crippen LogP) is 1.25. The Bertz CT molecular complexity index is 461. The maximum absolute atomic E-state index is 12.1. The molecule has 0 atom stereocenters. The van der Waals surface area contributed by atoms with Crippen LogP contribution in [0.15, 0.2) is 11.0 Å². The molecular weight excluding hydrogens is 275 g/mol. The second kappa shape index (κ2) is 6.05. The molecule has 0 fully saturated rings. The summed E-state index contributed by atoms with van der Waals surface area (Å²) < 4.78 is 36.6. The molecule has 0 aliphatic heterocycles. The molecule has 1 aromatic heterocycles. The largest absolute Gasteiger partial charge is 0.408 e. The molecule has 0 saturated carbocycles. The van der Waals surface area contributed by atoms with Gasteiger partial charge in [0, 0.05) is 13.2 Å². The number of alkyl halides is 3. The number of hydrogen-bond donors (Lipinski definition) is 2. The highest BCUT2D eigenvalue weighted by Crippen LogP contribution is 2.18. The van der Waals surface area contributed by atoms with Gasteiger partial charge in [0.1, 0.15) is 11.6 Å². The van der Waals surface area contributed by atoms with E-state index in [1.165, 1.54) is 0 Å². The predicted molar refractivity (Wildman–Crippen MR) is 59.8 cm³/mol. The fraction of sp³-hybridized carbons (Fsp3) is 0.556. The van der Waals surface area contributed by atoms with Crippen LogP contribution in [0.4, 0.5) is 18.9 Å². The monoisotopic (exact) mass is 285 g/mol. The van der Waals surface area contributed by atoms with Crippen molar-refractivity contribution in [2.24, 2.45) is 0 Å². The summed E-state index contributed by atoms with van der Waals surface area (Å²) in [6, 6.07) is 0. The van der Waals surface area contributed by atoms with Gasteiger partial charge in [0.25, 0.3) is 5.56 Å². The minimum atomic E-state index is -4.54. The minimum Gasteiger partial charge on any atom is -0.396 e. The van der Waals surface area contributed by atoms with Crippen molar-refractivity contribution in [1.29, 1.82) is 0 Å². The normalized spacial score (nSPS) is 11.6. The summed E-state index contributed by atoms with van der Waals surface area (Å²) in [7, 11) is 0. The molecule has 1 aromatic rings. The van der Waals surface area contributed by atoms with Gasteiger partial charge in [0.2, 0.25) is 0 Å². The molecule has 9 heteroatoms. The average molecular weight is 286 g/mol. The first-order chi connectivity index (χ1) is 8.35. The second-order valence-electron chi connectivity index (χ2n) is 3.45. The molecular formula is C9H11ClF3N3O2. The smallest absolute Gasteiger partial charge is 0.396 e. The molecule has 18 heavy (non-hydrogen) atoms. The molecule has 0 amide bonds. The minimum absolute atomic E-state index is 0.0524. The zero-order chi connectivity index (χ0) is 13.8. The van der Waals surface area contributed by atoms with Crippen LogP contribution in [0.1, 0.15) is 6.42 Å². The molecule has 102 valence electrons. The van der Waals surface area contributed by atoms with Crippen LogP contribution < -0.4 is 10.9 Å². The summed E-state index contributed by atoms with van der Waals surface area (Å²) in [6.07, 6.45) is -3.07. The number of aromatic nitrogens is 2. The fourth-order valence-electron chi connectivity index (χ4n) is 1.17. The van der Waals surface area contributed by atoms with Gasteiger partial charge in [-0.2, -0.15) is 18.3 Å². The number of aliphatic hydroxyl groups excluding tert-OH is 1. The lowest BCUT2D eigenvalue weighted by atomic mass is 10.4. The lowest BCUT2D eigenvalue weighted by molar-refractivity contribution is -0.143. The molecule has 2 N–H and O–H groups in total. The van der Waals surface area contributed by atoms with Gasteiger partial charge in [-0.1, -0.05) is 11.6 Å². The molecule has 5 nitrogen and oxygen atoms in total. The van der Waals surface area contributed by atoms with E-state index in [0.717, 1.165) is 6.20 Å². The molecule has 1 heterocycles. The Kier molecular flexibility index (Phi) is 4.97. The van der Waals surface area contributed by atoms with E-state index in [1.54, 1.807) is 0 Å². The highest BCUT2D eigenvalue weighted by Gasteiger charge is 2.29. The number of aliphatic hydroxyl groups is 1. The third-order valence-corrected chi connectivity index (χ3v) is 2.33. The Balaban J connectivity index is 2.88. The topological polar surface area (TPSA) is 67.2 Å². The van der Waals surface area contributed by atoms with E-state index in [-0.39, 0.29) is 22.0 Å². The van der Waals surface area contributed by atoms with Gasteiger partial charge < -0.3 is 10.4 Å². The zero-order valence-electron chi connectivity index (χ0n) is 9.17. The van der Waals surface area contributed by atoms with E-state index in [1.807, 2.05) is 0 Å². The Morgan fingerprint density at radius 1 is 1.50 bits per heavy atom. The van der Waals surface area contributed by atoms with E-state index >= 15 is 0 Å². The molecule has 0 aromatic carbocycles. The van der Waals surface area contributed by atoms with E-state index in [9.17, 15) is 18.0 Å². The summed E-state index contributed by atoms with van der Waals surface area (Å²) >= 11 is 5.64. The van der Waals surface area contributed by atoms with E-state index in [2.05, 4.69) is 10.4 Å². The second-order valence-corrected chi connectivity index (χ2v) is 3.83. The Morgan fingerprint density at radius 3 is 2.72 bits per heavy atom. The molecule has 0 bridgehead atoms. The van der Waals surface area contributed by atoms with Gasteiger partial charge in [-0.3, -0.25) is 4.79 Å². The summed E-state index contributed by atoms with van der Waals surface area (Å²) in [6.45, 7) is -1.20. The van der Waals surface area contributed by atoms with Crippen LogP contribution in [0.3, 0.4) is 0 Å². The number of nitrogens with one attached hydrogen (secondary N) is 1. The summed E-state index contributed by atoms with van der Waals surface area (Å²) in [5.41, 5.74) is -0.864. The van der Waals surface area contributed by atoms with Gasteiger partial charge >= 0.3 is 6.18 Å². The van der Waals surface area contributed by atoms with Gasteiger partial charge in [-0.05, 0) is 6.42 Å². The van der Waals surface area contributed by atoms with Crippen LogP contribution in [0.25, 0.3) is 0 Å². The van der Waals surface area contributed by atoms with Gasteiger partial charge in [0.15, 0.2) is 0 Å². The molecule has 1 rings (SSSR count). The highest BCUT2D eigenvalue weighted by molar-refractivity contribution is 6.32. The zero-order valence-corrected chi connectivity index (χ0v) is 9.92. The maximum Gasteiger partial charge on any atom is 0.408 e. The highest BCUT2D eigenvalue weighted by atomic mass is 35.5. The van der Waals surface area contributed by atoms with Crippen LogP contribution in [0.2, 0.25) is 5.02 Å². The molecule has 0 radical (unpaired) electrons. The first-order valence-electron chi connectivity index (χ1n) is 5.02. The van der Waals surface area contributed by atoms with E-state index < -0.39 is 18.3 Å². The number of anilines is 1. The first kappa shape index (κ1) is 14.8. The summed E-state index contributed by atoms with van der Waals surface area (Å²) in [4.78, 5) is 11.5. The van der Waals surface area contributed by atoms with Crippen molar-refractivity contribution in [2.75, 3.05) is 18.5 Å². The standard InChI is InChI=1S/C9H11ClF3N3O2/c10-7-6(14-2-1-3-17)4-15-16(8(7)18)5-9(11,12)13/h4,14,17H,1-3,5H2. The molecule has 0 spiro atoms. The average Bonchev–Trinajstić information content (AvgIpc) is 2.27. The lowest BCUT2D eigenvalue weighted by Crippen LogP contribution is -2.30. The third kappa shape index (κ3) is 4.19. The summed E-state index contributed by atoms with van der Waals surface area (Å²) in [5, 5.41) is 14.3. The van der Waals surface area contributed by atoms with Crippen LogP contribution in [0, 0.1) is 0 Å². The maximum atomic E-state index is 12.1. The molecule has 0 aliphatic rings. The number of halogens is 4. The molecule has 0 aliphatic carbocycles. The lowest BCUT2D eigenvalue weighted by Gasteiger charge is -2.11. The third-order valence-electron chi connectivity index (χ3n) is 1.96. The van der Waals surface area contributed by atoms with Crippen LogP contribution in [-0.2, 0) is 6.54 Å². The quantitative estimate of drug-likeness (QED) is 0.799. The van der Waals surface area contributed by atoms with E-state index in [0.29, 0.717) is 13.0 Å². The first-order valence-corrected chi connectivity index (χ1v) is 5.40. The SMILES string of the molecule is O=c1c(Cl)c(NCCCO)cnn1CC(F)(F)F. The van der Waals surface area contributed by atoms with Crippen molar-refractivity contribution in [3.8, 4) is 0 Å². The van der Waals surface area contributed by atoms with Gasteiger partial charge in [-0.15, -0.1) is 0 Å². The van der Waals surface area contributed by atoms with Crippen molar-refractivity contribution >= 4 is 17.3 Å². The van der Waals surface area contributed by atoms with Crippen LogP contribution in [0.5, 0.6) is 0 Å². The number of hydrogen-bond acceptors (Lipinski definition) is 4. The number of rotatable bonds is 5. The van der Waals surface area contributed by atoms with Crippen molar-refractivity contribution in [2.45, 2.75) is 19.1 Å². The van der Waals surface area contributed by atoms with Gasteiger partial charge in [-0.25, -0.2) is 4.68 Å². The van der Waals surface area contributed by atoms with Crippen molar-refractivity contribution in [3.63, 3.8) is 0 Å². The summed E-state index contributed by atoms with van der Waals surface area (Å²) in [5.74, 6) is 0. The van der Waals surface area contributed by atoms with E-state index in [4.69, 9.17) is 16.7 Å². The van der Waals surface area contributed by atoms with Crippen molar-refractivity contribution in [3.05, 3.63) is 21.6 Å². The van der Waals surface area contributed by atoms with Crippen molar-refractivity contribution < 1.29 is 18.3 Å².